The quantitative estimate of drug-likeness (QED) is 0.864. The second-order valence-electron chi connectivity index (χ2n) is 6.00. The summed E-state index contributed by atoms with van der Waals surface area (Å²) in [5.74, 6) is -0.492. The highest BCUT2D eigenvalue weighted by Gasteiger charge is 2.42. The third-order valence-electron chi connectivity index (χ3n) is 3.66. The van der Waals surface area contributed by atoms with Crippen LogP contribution < -0.4 is 5.32 Å². The summed E-state index contributed by atoms with van der Waals surface area (Å²) in [5, 5.41) is 2.47. The van der Waals surface area contributed by atoms with Crippen LogP contribution in [0.4, 0.5) is 13.2 Å². The van der Waals surface area contributed by atoms with Crippen molar-refractivity contribution in [3.8, 4) is 0 Å². The zero-order valence-electron chi connectivity index (χ0n) is 12.2. The molecule has 2 rings (SSSR count). The van der Waals surface area contributed by atoms with Gasteiger partial charge in [-0.15, -0.1) is 11.3 Å². The molecule has 3 nitrogen and oxygen atoms in total. The van der Waals surface area contributed by atoms with E-state index in [9.17, 15) is 18.0 Å². The molecule has 7 heteroatoms. The van der Waals surface area contributed by atoms with Crippen molar-refractivity contribution in [3.05, 3.63) is 20.9 Å². The van der Waals surface area contributed by atoms with Gasteiger partial charge in [-0.1, -0.05) is 13.8 Å². The third-order valence-corrected chi connectivity index (χ3v) is 4.98. The molecule has 1 aliphatic rings. The third kappa shape index (κ3) is 3.40. The molecular weight excluding hydrogens is 303 g/mol. The normalized spacial score (nSPS) is 17.4. The molecule has 1 aromatic rings. The topological polar surface area (TPSA) is 38.3 Å². The van der Waals surface area contributed by atoms with Crippen LogP contribution in [0.1, 0.15) is 45.9 Å². The highest BCUT2D eigenvalue weighted by molar-refractivity contribution is 7.14. The van der Waals surface area contributed by atoms with E-state index >= 15 is 0 Å². The van der Waals surface area contributed by atoms with Gasteiger partial charge in [0.15, 0.2) is 0 Å². The van der Waals surface area contributed by atoms with Gasteiger partial charge in [0.25, 0.3) is 5.91 Å². The Kier molecular flexibility index (Phi) is 4.35. The molecule has 0 aromatic carbocycles. The van der Waals surface area contributed by atoms with Gasteiger partial charge in [-0.05, 0) is 35.8 Å². The Morgan fingerprint density at radius 2 is 2.05 bits per heavy atom. The number of hydrogen-bond acceptors (Lipinski definition) is 3. The maximum atomic E-state index is 13.2. The molecule has 0 aliphatic heterocycles. The van der Waals surface area contributed by atoms with Crippen LogP contribution in [0.25, 0.3) is 0 Å². The van der Waals surface area contributed by atoms with Crippen molar-refractivity contribution in [2.75, 3.05) is 13.8 Å². The molecule has 1 heterocycles. The van der Waals surface area contributed by atoms with Gasteiger partial charge in [0.2, 0.25) is 0 Å². The fraction of sp³-hybridized carbons (Fsp3) is 0.643. The second kappa shape index (κ2) is 5.61. The highest BCUT2D eigenvalue weighted by atomic mass is 32.1. The van der Waals surface area contributed by atoms with Crippen molar-refractivity contribution in [2.24, 2.45) is 5.41 Å². The first-order valence-electron chi connectivity index (χ1n) is 6.64. The number of nitrogens with one attached hydrogen (secondary N) is 1. The molecule has 0 atom stereocenters. The van der Waals surface area contributed by atoms with E-state index in [0.717, 1.165) is 6.42 Å². The van der Waals surface area contributed by atoms with E-state index in [1.807, 2.05) is 13.8 Å². The summed E-state index contributed by atoms with van der Waals surface area (Å²) < 4.78 is 44.4. The molecule has 0 bridgehead atoms. The summed E-state index contributed by atoms with van der Waals surface area (Å²) in [6.45, 7) is 3.90. The Labute approximate surface area is 125 Å². The Hall–Kier alpha value is -1.08. The lowest BCUT2D eigenvalue weighted by Gasteiger charge is -2.30. The van der Waals surface area contributed by atoms with E-state index in [1.165, 1.54) is 7.11 Å². The van der Waals surface area contributed by atoms with E-state index < -0.39 is 17.0 Å². The second-order valence-corrected chi connectivity index (χ2v) is 7.02. The average molecular weight is 321 g/mol. The Balaban J connectivity index is 2.45. The number of ether oxygens (including phenoxy) is 1. The smallest absolute Gasteiger partial charge is 0.364 e. The number of carbonyl (C=O) groups excluding carboxylic acids is 1. The zero-order valence-corrected chi connectivity index (χ0v) is 13.0. The maximum Gasteiger partial charge on any atom is 0.425 e. The van der Waals surface area contributed by atoms with E-state index in [-0.39, 0.29) is 17.0 Å². The molecule has 1 aliphatic carbocycles. The Morgan fingerprint density at radius 1 is 1.38 bits per heavy atom. The van der Waals surface area contributed by atoms with Gasteiger partial charge in [-0.2, -0.15) is 13.2 Å². The number of carbonyl (C=O) groups is 1. The lowest BCUT2D eigenvalue weighted by atomic mass is 9.74. The first-order chi connectivity index (χ1) is 9.65. The van der Waals surface area contributed by atoms with Gasteiger partial charge in [-0.3, -0.25) is 4.79 Å². The van der Waals surface area contributed by atoms with Crippen LogP contribution in [0.5, 0.6) is 0 Å². The molecule has 0 saturated carbocycles. The minimum absolute atomic E-state index is 0.0155. The van der Waals surface area contributed by atoms with E-state index in [1.54, 1.807) is 0 Å². The fourth-order valence-electron chi connectivity index (χ4n) is 2.61. The van der Waals surface area contributed by atoms with E-state index in [2.05, 4.69) is 5.32 Å². The van der Waals surface area contributed by atoms with Gasteiger partial charge in [0.05, 0.1) is 4.88 Å². The van der Waals surface area contributed by atoms with Crippen molar-refractivity contribution in [1.29, 1.82) is 0 Å². The molecule has 0 fully saturated rings. The molecule has 1 aromatic heterocycles. The first-order valence-corrected chi connectivity index (χ1v) is 7.46. The highest BCUT2D eigenvalue weighted by Crippen LogP contribution is 2.47. The molecule has 0 radical (unpaired) electrons. The van der Waals surface area contributed by atoms with Crippen LogP contribution in [0.15, 0.2) is 0 Å². The molecule has 118 valence electrons. The minimum Gasteiger partial charge on any atom is -0.364 e. The largest absolute Gasteiger partial charge is 0.425 e. The van der Waals surface area contributed by atoms with Crippen LogP contribution in [0, 0.1) is 5.41 Å². The molecule has 1 amide bonds. The van der Waals surface area contributed by atoms with Crippen molar-refractivity contribution in [3.63, 3.8) is 0 Å². The predicted molar refractivity (Wildman–Crippen MR) is 74.5 cm³/mol. The number of rotatable bonds is 3. The monoisotopic (exact) mass is 321 g/mol. The number of alkyl halides is 3. The van der Waals surface area contributed by atoms with Gasteiger partial charge in [0.1, 0.15) is 11.6 Å². The summed E-state index contributed by atoms with van der Waals surface area (Å²) in [5.41, 5.74) is 0.681. The van der Waals surface area contributed by atoms with Crippen LogP contribution >= 0.6 is 11.3 Å². The van der Waals surface area contributed by atoms with Crippen molar-refractivity contribution >= 4 is 17.2 Å². The lowest BCUT2D eigenvalue weighted by Crippen LogP contribution is -2.27. The van der Waals surface area contributed by atoms with E-state index in [4.69, 9.17) is 4.74 Å². The molecule has 1 N–H and O–H groups in total. The molecule has 21 heavy (non-hydrogen) atoms. The van der Waals surface area contributed by atoms with Crippen molar-refractivity contribution in [2.45, 2.75) is 39.3 Å². The number of halogens is 3. The molecular formula is C14H18F3NO2S. The Bertz CT molecular complexity index is 549. The summed E-state index contributed by atoms with van der Waals surface area (Å²) >= 11 is 0.549. The van der Waals surface area contributed by atoms with Gasteiger partial charge < -0.3 is 10.1 Å². The minimum atomic E-state index is -4.41. The number of thiophene rings is 1. The summed E-state index contributed by atoms with van der Waals surface area (Å²) in [6.07, 6.45) is -2.78. The summed E-state index contributed by atoms with van der Waals surface area (Å²) in [6, 6.07) is 0. The van der Waals surface area contributed by atoms with Crippen LogP contribution in [-0.4, -0.2) is 19.7 Å². The molecule has 0 saturated heterocycles. The molecule has 0 spiro atoms. The van der Waals surface area contributed by atoms with Gasteiger partial charge in [0, 0.05) is 7.11 Å². The maximum absolute atomic E-state index is 13.2. The van der Waals surface area contributed by atoms with Crippen LogP contribution in [0.2, 0.25) is 0 Å². The van der Waals surface area contributed by atoms with E-state index in [0.29, 0.717) is 35.3 Å². The van der Waals surface area contributed by atoms with Crippen LogP contribution in [0.3, 0.4) is 0 Å². The van der Waals surface area contributed by atoms with Crippen molar-refractivity contribution in [1.82, 2.24) is 5.32 Å². The summed E-state index contributed by atoms with van der Waals surface area (Å²) in [4.78, 5) is 11.6. The van der Waals surface area contributed by atoms with Gasteiger partial charge in [-0.25, -0.2) is 0 Å². The number of methoxy groups -OCH3 is 1. The predicted octanol–water partition coefficient (Wildman–Crippen LogP) is 3.62. The fourth-order valence-corrected chi connectivity index (χ4v) is 3.76. The number of hydrogen-bond donors (Lipinski definition) is 1. The number of amides is 1. The number of fused-ring (bicyclic) bond motifs is 1. The first kappa shape index (κ1) is 16.3. The summed E-state index contributed by atoms with van der Waals surface area (Å²) in [7, 11) is 1.41. The van der Waals surface area contributed by atoms with Crippen LogP contribution in [-0.2, 0) is 23.8 Å². The average Bonchev–Trinajstić information content (AvgIpc) is 2.72. The SMILES string of the molecule is COCNC(=O)c1sc(C(F)(F)F)c2c1CCC(C)(C)C2. The Morgan fingerprint density at radius 3 is 2.62 bits per heavy atom. The van der Waals surface area contributed by atoms with Crippen molar-refractivity contribution < 1.29 is 22.7 Å². The van der Waals surface area contributed by atoms with Gasteiger partial charge >= 0.3 is 6.18 Å². The lowest BCUT2D eigenvalue weighted by molar-refractivity contribution is -0.135. The standard InChI is InChI=1S/C14H18F3NO2S/c1-13(2)5-4-8-9(6-13)11(14(15,16)17)21-10(8)12(19)18-7-20-3/h4-7H2,1-3H3,(H,18,19). The molecule has 0 unspecified atom stereocenters. The zero-order chi connectivity index (χ0) is 15.8.